The van der Waals surface area contributed by atoms with Crippen LogP contribution in [-0.4, -0.2) is 57.2 Å². The molecule has 47 heavy (non-hydrogen) atoms. The predicted octanol–water partition coefficient (Wildman–Crippen LogP) is 5.71. The van der Waals surface area contributed by atoms with Gasteiger partial charge in [-0.05, 0) is 74.3 Å². The number of benzene rings is 1. The zero-order valence-electron chi connectivity index (χ0n) is 25.8. The summed E-state index contributed by atoms with van der Waals surface area (Å²) in [4.78, 5) is 10.1. The van der Waals surface area contributed by atoms with Crippen molar-refractivity contribution >= 4 is 21.1 Å². The second-order valence-corrected chi connectivity index (χ2v) is 14.4. The maximum absolute atomic E-state index is 14.3. The number of nitrogens with zero attached hydrogens (tertiary/aromatic N) is 7. The standard InChI is InChI=1S/C34H32FN7O4S/c1-20-39-40-34(46-20)30-27(7-5-21-9-13-45-14-10-21)38-31-28-3-2-11-42(28)47(43,44)32(31)29(30)25-16-23-8-12-41(33(23)37-18-25)19-22-4-6-24(17-36)26(35)15-22/h4,6,8,12,15-16,18,21,28H,2-3,5,7,9-11,13-14,19H2,1H3/t28-/m0/s1. The highest BCUT2D eigenvalue weighted by atomic mass is 32.2. The first kappa shape index (κ1) is 29.9. The molecule has 1 aromatic carbocycles. The highest BCUT2D eigenvalue weighted by molar-refractivity contribution is 7.89. The molecule has 0 N–H and O–H groups in total. The van der Waals surface area contributed by atoms with Gasteiger partial charge in [0.05, 0.1) is 28.6 Å². The average Bonchev–Trinajstić information content (AvgIpc) is 3.86. The van der Waals surface area contributed by atoms with E-state index < -0.39 is 15.8 Å². The third-order valence-electron chi connectivity index (χ3n) is 9.61. The molecule has 0 spiro atoms. The van der Waals surface area contributed by atoms with E-state index in [4.69, 9.17) is 24.4 Å². The molecule has 0 radical (unpaired) electrons. The maximum atomic E-state index is 14.3. The van der Waals surface area contributed by atoms with Crippen molar-refractivity contribution in [2.24, 2.45) is 5.92 Å². The third-order valence-corrected chi connectivity index (χ3v) is 11.6. The van der Waals surface area contributed by atoms with Crippen LogP contribution in [0.5, 0.6) is 0 Å². The average molecular weight is 654 g/mol. The van der Waals surface area contributed by atoms with E-state index in [0.717, 1.165) is 50.0 Å². The first-order valence-electron chi connectivity index (χ1n) is 15.9. The van der Waals surface area contributed by atoms with E-state index in [0.29, 0.717) is 71.3 Å². The van der Waals surface area contributed by atoms with Crippen molar-refractivity contribution in [3.8, 4) is 28.7 Å². The quantitative estimate of drug-likeness (QED) is 0.216. The molecule has 0 saturated carbocycles. The first-order chi connectivity index (χ1) is 22.8. The van der Waals surface area contributed by atoms with E-state index >= 15 is 0 Å². The smallest absolute Gasteiger partial charge is 0.250 e. The second kappa shape index (κ2) is 11.6. The van der Waals surface area contributed by atoms with Gasteiger partial charge in [0.15, 0.2) is 0 Å². The lowest BCUT2D eigenvalue weighted by molar-refractivity contribution is 0.0639. The summed E-state index contributed by atoms with van der Waals surface area (Å²) >= 11 is 0. The summed E-state index contributed by atoms with van der Waals surface area (Å²) in [5.74, 6) is 0.516. The molecule has 1 atom stereocenters. The second-order valence-electron chi connectivity index (χ2n) is 12.5. The molecule has 0 amide bonds. The van der Waals surface area contributed by atoms with E-state index in [1.807, 2.05) is 29.0 Å². The Bertz CT molecular complexity index is 2180. The van der Waals surface area contributed by atoms with Gasteiger partial charge in [-0.3, -0.25) is 4.98 Å². The number of nitriles is 1. The van der Waals surface area contributed by atoms with Gasteiger partial charge in [-0.25, -0.2) is 17.8 Å². The van der Waals surface area contributed by atoms with Crippen LogP contribution in [0, 0.1) is 30.0 Å². The minimum absolute atomic E-state index is 0.00597. The van der Waals surface area contributed by atoms with Gasteiger partial charge in [0.1, 0.15) is 22.4 Å². The number of rotatable bonds is 7. The number of hydrogen-bond acceptors (Lipinski definition) is 9. The molecule has 11 nitrogen and oxygen atoms in total. The van der Waals surface area contributed by atoms with E-state index in [9.17, 15) is 12.8 Å². The SMILES string of the molecule is Cc1nnc(-c2c(CCC3CCOCC3)nc3c(c2-c2cnc4c(ccn4Cc4ccc(C#N)c(F)c4)c2)S(=O)(=O)N2CCC[C@@H]32)o1. The summed E-state index contributed by atoms with van der Waals surface area (Å²) in [6.07, 6.45) is 8.51. The summed E-state index contributed by atoms with van der Waals surface area (Å²) in [5, 5.41) is 18.4. The Labute approximate surface area is 271 Å². The van der Waals surface area contributed by atoms with Crippen LogP contribution >= 0.6 is 0 Å². The van der Waals surface area contributed by atoms with Crippen molar-refractivity contribution in [3.05, 3.63) is 76.9 Å². The molecule has 2 fully saturated rings. The van der Waals surface area contributed by atoms with Gasteiger partial charge in [-0.2, -0.15) is 9.57 Å². The number of sulfonamides is 1. The lowest BCUT2D eigenvalue weighted by Crippen LogP contribution is -2.23. The molecule has 3 aliphatic rings. The van der Waals surface area contributed by atoms with Gasteiger partial charge in [0.25, 0.3) is 0 Å². The molecule has 5 aromatic rings. The van der Waals surface area contributed by atoms with Crippen molar-refractivity contribution in [1.29, 1.82) is 5.26 Å². The summed E-state index contributed by atoms with van der Waals surface area (Å²) in [7, 11) is -3.86. The number of ether oxygens (including phenoxy) is 1. The molecule has 13 heteroatoms. The van der Waals surface area contributed by atoms with Gasteiger partial charge >= 0.3 is 0 Å². The van der Waals surface area contributed by atoms with E-state index in [-0.39, 0.29) is 22.4 Å². The van der Waals surface area contributed by atoms with Crippen molar-refractivity contribution in [2.45, 2.75) is 62.9 Å². The first-order valence-corrected chi connectivity index (χ1v) is 17.4. The molecule has 0 unspecified atom stereocenters. The highest BCUT2D eigenvalue weighted by Gasteiger charge is 2.49. The Balaban J connectivity index is 1.29. The number of fused-ring (bicyclic) bond motifs is 4. The topological polar surface area (TPSA) is 140 Å². The van der Waals surface area contributed by atoms with Gasteiger partial charge in [0, 0.05) is 62.1 Å². The zero-order chi connectivity index (χ0) is 32.3. The zero-order valence-corrected chi connectivity index (χ0v) is 26.6. The van der Waals surface area contributed by atoms with E-state index in [1.54, 1.807) is 23.5 Å². The van der Waals surface area contributed by atoms with Crippen LogP contribution in [0.15, 0.2) is 52.0 Å². The molecular formula is C34H32FN7O4S. The predicted molar refractivity (Wildman–Crippen MR) is 169 cm³/mol. The van der Waals surface area contributed by atoms with Gasteiger partial charge in [-0.1, -0.05) is 6.07 Å². The van der Waals surface area contributed by atoms with Crippen molar-refractivity contribution in [1.82, 2.24) is 29.0 Å². The normalized spacial score (nSPS) is 19.2. The van der Waals surface area contributed by atoms with Gasteiger partial charge in [0.2, 0.25) is 21.8 Å². The molecule has 0 aliphatic carbocycles. The fraction of sp³-hybridized carbons (Fsp3) is 0.382. The van der Waals surface area contributed by atoms with Crippen LogP contribution in [0.25, 0.3) is 33.6 Å². The lowest BCUT2D eigenvalue weighted by atomic mass is 9.90. The van der Waals surface area contributed by atoms with E-state index in [1.165, 1.54) is 12.1 Å². The fourth-order valence-electron chi connectivity index (χ4n) is 7.29. The van der Waals surface area contributed by atoms with Crippen molar-refractivity contribution in [2.75, 3.05) is 19.8 Å². The minimum atomic E-state index is -3.86. The molecule has 7 heterocycles. The van der Waals surface area contributed by atoms with Gasteiger partial charge in [-0.15, -0.1) is 10.2 Å². The number of hydrogen-bond donors (Lipinski definition) is 0. The van der Waals surface area contributed by atoms with Crippen molar-refractivity contribution < 1.29 is 22.0 Å². The van der Waals surface area contributed by atoms with Crippen LogP contribution in [0.4, 0.5) is 4.39 Å². The molecule has 240 valence electrons. The molecule has 2 saturated heterocycles. The maximum Gasteiger partial charge on any atom is 0.250 e. The Morgan fingerprint density at radius 1 is 1.11 bits per heavy atom. The molecule has 8 rings (SSSR count). The number of aromatic nitrogens is 5. The molecule has 4 aromatic heterocycles. The fourth-order valence-corrected chi connectivity index (χ4v) is 9.36. The summed E-state index contributed by atoms with van der Waals surface area (Å²) in [6.45, 7) is 3.98. The Morgan fingerprint density at radius 3 is 2.72 bits per heavy atom. The lowest BCUT2D eigenvalue weighted by Gasteiger charge is -2.23. The van der Waals surface area contributed by atoms with Crippen LogP contribution in [0.1, 0.15) is 66.6 Å². The number of aryl methyl sites for hydroxylation is 2. The van der Waals surface area contributed by atoms with Gasteiger partial charge < -0.3 is 13.7 Å². The summed E-state index contributed by atoms with van der Waals surface area (Å²) in [5.41, 5.74) is 4.31. The van der Waals surface area contributed by atoms with Crippen molar-refractivity contribution in [3.63, 3.8) is 0 Å². The monoisotopic (exact) mass is 653 g/mol. The largest absolute Gasteiger partial charge is 0.421 e. The highest BCUT2D eigenvalue weighted by Crippen LogP contribution is 2.51. The third kappa shape index (κ3) is 5.11. The number of pyridine rings is 2. The minimum Gasteiger partial charge on any atom is -0.421 e. The molecule has 0 bridgehead atoms. The van der Waals surface area contributed by atoms with Crippen LogP contribution in [0.2, 0.25) is 0 Å². The van der Waals surface area contributed by atoms with Crippen LogP contribution < -0.4 is 0 Å². The van der Waals surface area contributed by atoms with Crippen LogP contribution in [-0.2, 0) is 27.7 Å². The van der Waals surface area contributed by atoms with E-state index in [2.05, 4.69) is 10.2 Å². The Hall–Kier alpha value is -4.51. The summed E-state index contributed by atoms with van der Waals surface area (Å²) < 4.78 is 57.9. The molecular weight excluding hydrogens is 621 g/mol. The molecule has 3 aliphatic heterocycles. The Morgan fingerprint density at radius 2 is 1.96 bits per heavy atom. The number of halogens is 1. The summed E-state index contributed by atoms with van der Waals surface area (Å²) in [6, 6.07) is 9.93. The van der Waals surface area contributed by atoms with Crippen LogP contribution in [0.3, 0.4) is 0 Å². The Kier molecular flexibility index (Phi) is 7.39.